The lowest BCUT2D eigenvalue weighted by Gasteiger charge is -2.29. The van der Waals surface area contributed by atoms with Gasteiger partial charge in [-0.25, -0.2) is 0 Å². The molecule has 3 heterocycles. The van der Waals surface area contributed by atoms with Crippen molar-refractivity contribution in [3.8, 4) is 39.1 Å². The average molecular weight is 575 g/mol. The quantitative estimate of drug-likeness (QED) is 0.199. The van der Waals surface area contributed by atoms with E-state index in [-0.39, 0.29) is 0 Å². The number of rotatable bonds is 2. The highest BCUT2D eigenvalue weighted by atomic mass is 15.1. The lowest BCUT2D eigenvalue weighted by molar-refractivity contribution is 1.17. The van der Waals surface area contributed by atoms with Crippen molar-refractivity contribution in [2.75, 3.05) is 4.90 Å². The molecule has 0 unspecified atom stereocenters. The lowest BCUT2D eigenvalue weighted by Crippen LogP contribution is -2.16. The molecule has 212 valence electrons. The number of benzene rings is 6. The topological polar surface area (TPSA) is 8.17 Å². The van der Waals surface area contributed by atoms with Crippen LogP contribution in [0.1, 0.15) is 5.56 Å². The third-order valence-electron chi connectivity index (χ3n) is 9.25. The second kappa shape index (κ2) is 10.1. The van der Waals surface area contributed by atoms with Crippen molar-refractivity contribution in [3.63, 3.8) is 0 Å². The Morgan fingerprint density at radius 2 is 1.27 bits per heavy atom. The van der Waals surface area contributed by atoms with Gasteiger partial charge < -0.3 is 9.47 Å². The van der Waals surface area contributed by atoms with Crippen molar-refractivity contribution in [2.45, 2.75) is 6.42 Å². The number of fused-ring (bicyclic) bond motifs is 9. The maximum absolute atomic E-state index is 4.58. The van der Waals surface area contributed by atoms with E-state index in [4.69, 9.17) is 0 Å². The Bertz CT molecular complexity index is 2370. The van der Waals surface area contributed by atoms with Crippen molar-refractivity contribution in [1.82, 2.24) is 4.57 Å². The van der Waals surface area contributed by atoms with Crippen LogP contribution >= 0.6 is 0 Å². The maximum Gasteiger partial charge on any atom is 0.0619 e. The smallest absolute Gasteiger partial charge is 0.0619 e. The molecular weight excluding hydrogens is 544 g/mol. The molecule has 7 aromatic rings. The Morgan fingerprint density at radius 1 is 0.533 bits per heavy atom. The molecule has 2 aliphatic heterocycles. The molecule has 1 aromatic heterocycles. The number of allylic oxidation sites excluding steroid dienone is 4. The molecule has 0 saturated heterocycles. The van der Waals surface area contributed by atoms with Gasteiger partial charge in [0.25, 0.3) is 0 Å². The van der Waals surface area contributed by atoms with Gasteiger partial charge in [0.1, 0.15) is 0 Å². The minimum Gasteiger partial charge on any atom is -0.311 e. The van der Waals surface area contributed by atoms with Crippen LogP contribution in [-0.4, -0.2) is 4.57 Å². The fraction of sp³-hybridized carbons (Fsp3) is 0.0233. The molecular formula is C43H30N2. The number of hydrogen-bond acceptors (Lipinski definition) is 1. The van der Waals surface area contributed by atoms with E-state index in [2.05, 4.69) is 174 Å². The minimum atomic E-state index is 0.815. The number of hydrogen-bond donors (Lipinski definition) is 0. The fourth-order valence-electron chi connectivity index (χ4n) is 7.26. The Labute approximate surface area is 263 Å². The molecule has 2 nitrogen and oxygen atoms in total. The van der Waals surface area contributed by atoms with Crippen molar-refractivity contribution in [1.29, 1.82) is 0 Å². The third-order valence-corrected chi connectivity index (χ3v) is 9.25. The fourth-order valence-corrected chi connectivity index (χ4v) is 7.26. The predicted octanol–water partition coefficient (Wildman–Crippen LogP) is 11.4. The Hall–Kier alpha value is -5.86. The molecule has 9 rings (SSSR count). The van der Waals surface area contributed by atoms with Gasteiger partial charge in [-0.3, -0.25) is 0 Å². The van der Waals surface area contributed by atoms with Crippen LogP contribution in [0, 0.1) is 0 Å². The predicted molar refractivity (Wildman–Crippen MR) is 190 cm³/mol. The highest BCUT2D eigenvalue weighted by molar-refractivity contribution is 6.16. The molecule has 0 saturated carbocycles. The molecule has 0 atom stereocenters. The Kier molecular flexibility index (Phi) is 5.76. The molecule has 0 aliphatic carbocycles. The third kappa shape index (κ3) is 3.96. The SMILES string of the molecule is C=C1/C=C\C=C/Cc2cc3c(cc2N1c1cccc(-c2ccccc2)c1)-c1ccccc1-n1c2ccccc2c2cccc-3c21. The van der Waals surface area contributed by atoms with Crippen molar-refractivity contribution in [2.24, 2.45) is 0 Å². The number of nitrogens with zero attached hydrogens (tertiary/aromatic N) is 2. The second-order valence-corrected chi connectivity index (χ2v) is 11.8. The van der Waals surface area contributed by atoms with E-state index in [1.54, 1.807) is 0 Å². The zero-order valence-corrected chi connectivity index (χ0v) is 24.8. The van der Waals surface area contributed by atoms with Gasteiger partial charge in [-0.2, -0.15) is 0 Å². The Morgan fingerprint density at radius 3 is 2.20 bits per heavy atom. The van der Waals surface area contributed by atoms with E-state index in [9.17, 15) is 0 Å². The van der Waals surface area contributed by atoms with Crippen LogP contribution in [0.4, 0.5) is 11.4 Å². The molecule has 0 fully saturated rings. The molecule has 0 bridgehead atoms. The molecule has 0 N–H and O–H groups in total. The van der Waals surface area contributed by atoms with E-state index in [0.29, 0.717) is 0 Å². The van der Waals surface area contributed by atoms with E-state index in [1.165, 1.54) is 66.4 Å². The molecule has 45 heavy (non-hydrogen) atoms. The monoisotopic (exact) mass is 574 g/mol. The Balaban J connectivity index is 1.35. The first kappa shape index (κ1) is 25.6. The van der Waals surface area contributed by atoms with E-state index in [0.717, 1.165) is 23.5 Å². The summed E-state index contributed by atoms with van der Waals surface area (Å²) in [6.07, 6.45) is 9.41. The molecule has 0 radical (unpaired) electrons. The molecule has 2 heteroatoms. The van der Waals surface area contributed by atoms with E-state index >= 15 is 0 Å². The van der Waals surface area contributed by atoms with Gasteiger partial charge in [0, 0.05) is 33.3 Å². The highest BCUT2D eigenvalue weighted by Crippen LogP contribution is 2.49. The van der Waals surface area contributed by atoms with Gasteiger partial charge in [0.2, 0.25) is 0 Å². The molecule has 2 aliphatic rings. The van der Waals surface area contributed by atoms with E-state index in [1.807, 2.05) is 0 Å². The normalized spacial score (nSPS) is 14.9. The molecule has 6 aromatic carbocycles. The zero-order valence-electron chi connectivity index (χ0n) is 24.8. The second-order valence-electron chi connectivity index (χ2n) is 11.8. The minimum absolute atomic E-state index is 0.815. The molecule has 0 amide bonds. The summed E-state index contributed by atoms with van der Waals surface area (Å²) in [6, 6.07) is 48.6. The van der Waals surface area contributed by atoms with Gasteiger partial charge in [0.05, 0.1) is 22.4 Å². The van der Waals surface area contributed by atoms with Crippen molar-refractivity contribution in [3.05, 3.63) is 176 Å². The maximum atomic E-state index is 4.58. The van der Waals surface area contributed by atoms with Gasteiger partial charge in [-0.05, 0) is 76.7 Å². The summed E-state index contributed by atoms with van der Waals surface area (Å²) in [5, 5.41) is 2.57. The summed E-state index contributed by atoms with van der Waals surface area (Å²) in [7, 11) is 0. The summed E-state index contributed by atoms with van der Waals surface area (Å²) in [5.41, 5.74) is 15.5. The van der Waals surface area contributed by atoms with Gasteiger partial charge in [-0.1, -0.05) is 122 Å². The van der Waals surface area contributed by atoms with Crippen LogP contribution in [0.5, 0.6) is 0 Å². The van der Waals surface area contributed by atoms with Gasteiger partial charge >= 0.3 is 0 Å². The summed E-state index contributed by atoms with van der Waals surface area (Å²) in [5.74, 6) is 0. The first-order valence-electron chi connectivity index (χ1n) is 15.5. The first-order valence-corrected chi connectivity index (χ1v) is 15.5. The standard InChI is InChI=1S/C43H30N2/c1-29-14-4-2-7-17-32-27-38-37-23-13-22-36-34-20-8-10-24-40(34)45(43(36)37)41-25-11-9-21-35(41)39(38)28-42(32)44(29)33-19-12-18-31(26-33)30-15-5-3-6-16-30/h2-16,18-28H,1,17H2/b7-2-,14-4-. The average Bonchev–Trinajstić information content (AvgIpc) is 3.41. The number of aromatic nitrogens is 1. The van der Waals surface area contributed by atoms with Gasteiger partial charge in [-0.15, -0.1) is 0 Å². The summed E-state index contributed by atoms with van der Waals surface area (Å²) in [4.78, 5) is 2.33. The van der Waals surface area contributed by atoms with Crippen molar-refractivity contribution < 1.29 is 0 Å². The van der Waals surface area contributed by atoms with Crippen LogP contribution < -0.4 is 4.90 Å². The molecule has 0 spiro atoms. The van der Waals surface area contributed by atoms with Crippen LogP contribution in [-0.2, 0) is 6.42 Å². The van der Waals surface area contributed by atoms with Crippen LogP contribution in [0.25, 0.3) is 60.9 Å². The van der Waals surface area contributed by atoms with Crippen molar-refractivity contribution >= 4 is 33.2 Å². The van der Waals surface area contributed by atoms with E-state index < -0.39 is 0 Å². The first-order chi connectivity index (χ1) is 22.3. The summed E-state index contributed by atoms with van der Waals surface area (Å²) >= 11 is 0. The van der Waals surface area contributed by atoms with Crippen LogP contribution in [0.2, 0.25) is 0 Å². The van der Waals surface area contributed by atoms with Crippen LogP contribution in [0.15, 0.2) is 170 Å². The summed E-state index contributed by atoms with van der Waals surface area (Å²) < 4.78 is 2.47. The zero-order chi connectivity index (χ0) is 29.9. The largest absolute Gasteiger partial charge is 0.311 e. The summed E-state index contributed by atoms with van der Waals surface area (Å²) in [6.45, 7) is 4.58. The lowest BCUT2D eigenvalue weighted by atomic mass is 9.89. The number of para-hydroxylation sites is 3. The number of anilines is 2. The van der Waals surface area contributed by atoms with Gasteiger partial charge in [0.15, 0.2) is 0 Å². The van der Waals surface area contributed by atoms with Crippen LogP contribution in [0.3, 0.4) is 0 Å². The highest BCUT2D eigenvalue weighted by Gasteiger charge is 2.27.